The third-order valence-electron chi connectivity index (χ3n) is 4.27. The number of carbonyl (C=O) groups is 2. The van der Waals surface area contributed by atoms with E-state index in [0.717, 1.165) is 11.1 Å². The van der Waals surface area contributed by atoms with Crippen molar-refractivity contribution in [1.82, 2.24) is 15.3 Å². The maximum atomic E-state index is 12.3. The summed E-state index contributed by atoms with van der Waals surface area (Å²) in [5.74, 6) is -0.313. The molecule has 1 aromatic heterocycles. The van der Waals surface area contributed by atoms with Gasteiger partial charge < -0.3 is 15.4 Å². The molecule has 0 aliphatic rings. The van der Waals surface area contributed by atoms with Crippen LogP contribution in [0.2, 0.25) is 0 Å². The molecular formula is C22H22N4O3. The molecule has 7 nitrogen and oxygen atoms in total. The van der Waals surface area contributed by atoms with Crippen molar-refractivity contribution >= 4 is 23.4 Å². The third-order valence-corrected chi connectivity index (χ3v) is 4.27. The zero-order chi connectivity index (χ0) is 20.6. The van der Waals surface area contributed by atoms with Crippen molar-refractivity contribution in [2.75, 3.05) is 11.9 Å². The van der Waals surface area contributed by atoms with Crippen molar-refractivity contribution in [3.63, 3.8) is 0 Å². The first-order chi connectivity index (χ1) is 14.1. The van der Waals surface area contributed by atoms with E-state index in [1.807, 2.05) is 31.2 Å². The van der Waals surface area contributed by atoms with E-state index >= 15 is 0 Å². The highest BCUT2D eigenvalue weighted by Crippen LogP contribution is 2.20. The average molecular weight is 390 g/mol. The van der Waals surface area contributed by atoms with Gasteiger partial charge in [-0.3, -0.25) is 4.79 Å². The topological polar surface area (TPSA) is 93.2 Å². The third kappa shape index (κ3) is 5.16. The van der Waals surface area contributed by atoms with Gasteiger partial charge >= 0.3 is 5.97 Å². The lowest BCUT2D eigenvalue weighted by atomic mass is 10.1. The Labute approximate surface area is 169 Å². The quantitative estimate of drug-likeness (QED) is 0.599. The van der Waals surface area contributed by atoms with E-state index in [9.17, 15) is 9.59 Å². The zero-order valence-corrected chi connectivity index (χ0v) is 16.3. The van der Waals surface area contributed by atoms with E-state index in [-0.39, 0.29) is 11.6 Å². The summed E-state index contributed by atoms with van der Waals surface area (Å²) < 4.78 is 5.06. The highest BCUT2D eigenvalue weighted by Gasteiger charge is 2.13. The summed E-state index contributed by atoms with van der Waals surface area (Å²) in [6, 6.07) is 14.8. The van der Waals surface area contributed by atoms with Crippen LogP contribution in [-0.4, -0.2) is 28.5 Å². The van der Waals surface area contributed by atoms with E-state index in [1.54, 1.807) is 31.2 Å². The summed E-state index contributed by atoms with van der Waals surface area (Å²) in [6.07, 6.45) is 2.84. The number of amides is 1. The van der Waals surface area contributed by atoms with Gasteiger partial charge in [0.1, 0.15) is 11.5 Å². The number of benzene rings is 2. The fraction of sp³-hybridized carbons (Fsp3) is 0.182. The molecule has 0 bridgehead atoms. The SMILES string of the molecule is CCOC(=O)c1ccccc1Nc1cnc(C(=O)NCc2ccccc2C)cn1. The summed E-state index contributed by atoms with van der Waals surface area (Å²) in [7, 11) is 0. The van der Waals surface area contributed by atoms with Gasteiger partial charge in [-0.25, -0.2) is 14.8 Å². The summed E-state index contributed by atoms with van der Waals surface area (Å²) in [5, 5.41) is 5.88. The number of nitrogens with zero attached hydrogens (tertiary/aromatic N) is 2. The Bertz CT molecular complexity index is 1000. The van der Waals surface area contributed by atoms with E-state index < -0.39 is 5.97 Å². The first-order valence-electron chi connectivity index (χ1n) is 9.26. The van der Waals surface area contributed by atoms with Crippen LogP contribution in [-0.2, 0) is 11.3 Å². The molecule has 0 saturated heterocycles. The summed E-state index contributed by atoms with van der Waals surface area (Å²) in [5.41, 5.74) is 3.32. The number of para-hydroxylation sites is 1. The molecule has 0 radical (unpaired) electrons. The zero-order valence-electron chi connectivity index (χ0n) is 16.3. The minimum absolute atomic E-state index is 0.211. The number of ether oxygens (including phenoxy) is 1. The largest absolute Gasteiger partial charge is 0.462 e. The van der Waals surface area contributed by atoms with Gasteiger partial charge in [0.05, 0.1) is 30.3 Å². The monoisotopic (exact) mass is 390 g/mol. The van der Waals surface area contributed by atoms with Gasteiger partial charge in [-0.2, -0.15) is 0 Å². The minimum Gasteiger partial charge on any atom is -0.462 e. The Morgan fingerprint density at radius 1 is 1.00 bits per heavy atom. The number of aromatic nitrogens is 2. The van der Waals surface area contributed by atoms with Crippen LogP contribution >= 0.6 is 0 Å². The van der Waals surface area contributed by atoms with Gasteiger partial charge in [0.25, 0.3) is 5.91 Å². The molecule has 0 aliphatic carbocycles. The van der Waals surface area contributed by atoms with E-state index in [1.165, 1.54) is 12.4 Å². The maximum Gasteiger partial charge on any atom is 0.340 e. The Kier molecular flexibility index (Phi) is 6.52. The summed E-state index contributed by atoms with van der Waals surface area (Å²) >= 11 is 0. The summed E-state index contributed by atoms with van der Waals surface area (Å²) in [6.45, 7) is 4.46. The minimum atomic E-state index is -0.421. The lowest BCUT2D eigenvalue weighted by molar-refractivity contribution is 0.0527. The summed E-state index contributed by atoms with van der Waals surface area (Å²) in [4.78, 5) is 32.8. The molecule has 1 heterocycles. The second-order valence-corrected chi connectivity index (χ2v) is 6.29. The molecule has 7 heteroatoms. The molecule has 0 atom stereocenters. The molecule has 1 amide bonds. The number of rotatable bonds is 7. The van der Waals surface area contributed by atoms with E-state index in [2.05, 4.69) is 20.6 Å². The van der Waals surface area contributed by atoms with Crippen LogP contribution in [0.1, 0.15) is 38.9 Å². The van der Waals surface area contributed by atoms with Crippen molar-refractivity contribution in [3.8, 4) is 0 Å². The fourth-order valence-electron chi connectivity index (χ4n) is 2.70. The van der Waals surface area contributed by atoms with E-state index in [0.29, 0.717) is 30.2 Å². The van der Waals surface area contributed by atoms with Crippen LogP contribution in [0, 0.1) is 6.92 Å². The van der Waals surface area contributed by atoms with Crippen LogP contribution < -0.4 is 10.6 Å². The Morgan fingerprint density at radius 2 is 1.76 bits per heavy atom. The van der Waals surface area contributed by atoms with Gasteiger partial charge in [-0.1, -0.05) is 36.4 Å². The van der Waals surface area contributed by atoms with Crippen LogP contribution in [0.4, 0.5) is 11.5 Å². The number of carbonyl (C=O) groups excluding carboxylic acids is 2. The molecule has 3 aromatic rings. The van der Waals surface area contributed by atoms with Crippen molar-refractivity contribution in [1.29, 1.82) is 0 Å². The Balaban J connectivity index is 1.66. The fourth-order valence-corrected chi connectivity index (χ4v) is 2.70. The highest BCUT2D eigenvalue weighted by molar-refractivity contribution is 5.96. The molecule has 2 aromatic carbocycles. The standard InChI is InChI=1S/C22H22N4O3/c1-3-29-22(28)17-10-6-7-11-18(17)26-20-14-23-19(13-24-20)21(27)25-12-16-9-5-4-8-15(16)2/h4-11,13-14H,3,12H2,1-2H3,(H,24,26)(H,25,27). The predicted octanol–water partition coefficient (Wildman–Crippen LogP) is 3.64. The molecule has 148 valence electrons. The molecule has 3 rings (SSSR count). The number of anilines is 2. The Morgan fingerprint density at radius 3 is 2.48 bits per heavy atom. The van der Waals surface area contributed by atoms with Gasteiger partial charge in [0, 0.05) is 6.54 Å². The van der Waals surface area contributed by atoms with Crippen molar-refractivity contribution in [2.24, 2.45) is 0 Å². The lowest BCUT2D eigenvalue weighted by Crippen LogP contribution is -2.24. The highest BCUT2D eigenvalue weighted by atomic mass is 16.5. The number of hydrogen-bond donors (Lipinski definition) is 2. The van der Waals surface area contributed by atoms with Crippen LogP contribution in [0.3, 0.4) is 0 Å². The molecule has 29 heavy (non-hydrogen) atoms. The van der Waals surface area contributed by atoms with Gasteiger partial charge in [0.15, 0.2) is 0 Å². The predicted molar refractivity (Wildman–Crippen MR) is 110 cm³/mol. The molecule has 0 saturated carbocycles. The van der Waals surface area contributed by atoms with Gasteiger partial charge in [0.2, 0.25) is 0 Å². The van der Waals surface area contributed by atoms with Crippen molar-refractivity contribution in [2.45, 2.75) is 20.4 Å². The molecule has 0 fully saturated rings. The van der Waals surface area contributed by atoms with Gasteiger partial charge in [-0.15, -0.1) is 0 Å². The number of aryl methyl sites for hydroxylation is 1. The van der Waals surface area contributed by atoms with E-state index in [4.69, 9.17) is 4.74 Å². The Hall–Kier alpha value is -3.74. The van der Waals surface area contributed by atoms with Crippen LogP contribution in [0.25, 0.3) is 0 Å². The lowest BCUT2D eigenvalue weighted by Gasteiger charge is -2.11. The average Bonchev–Trinajstić information content (AvgIpc) is 2.74. The molecule has 0 aliphatic heterocycles. The number of nitrogens with one attached hydrogen (secondary N) is 2. The van der Waals surface area contributed by atoms with Crippen LogP contribution in [0.5, 0.6) is 0 Å². The maximum absolute atomic E-state index is 12.3. The first-order valence-corrected chi connectivity index (χ1v) is 9.26. The second-order valence-electron chi connectivity index (χ2n) is 6.29. The second kappa shape index (κ2) is 9.45. The smallest absolute Gasteiger partial charge is 0.340 e. The van der Waals surface area contributed by atoms with Gasteiger partial charge in [-0.05, 0) is 37.1 Å². The molecule has 0 unspecified atom stereocenters. The van der Waals surface area contributed by atoms with Crippen LogP contribution in [0.15, 0.2) is 60.9 Å². The van der Waals surface area contributed by atoms with Crippen molar-refractivity contribution < 1.29 is 14.3 Å². The molecule has 2 N–H and O–H groups in total. The molecular weight excluding hydrogens is 368 g/mol. The van der Waals surface area contributed by atoms with Crippen molar-refractivity contribution in [3.05, 3.63) is 83.3 Å². The number of hydrogen-bond acceptors (Lipinski definition) is 6. The normalized spacial score (nSPS) is 10.3. The molecule has 0 spiro atoms. The first kappa shape index (κ1) is 20.0. The number of esters is 1.